The Bertz CT molecular complexity index is 686. The third kappa shape index (κ3) is 4.13. The third-order valence-corrected chi connectivity index (χ3v) is 4.12. The Kier molecular flexibility index (Phi) is 4.97. The fourth-order valence-corrected chi connectivity index (χ4v) is 2.88. The van der Waals surface area contributed by atoms with E-state index in [9.17, 15) is 10.1 Å². The van der Waals surface area contributed by atoms with E-state index in [2.05, 4.69) is 15.3 Å². The zero-order valence-electron chi connectivity index (χ0n) is 12.9. The van der Waals surface area contributed by atoms with Crippen LogP contribution in [0, 0.1) is 16.0 Å². The van der Waals surface area contributed by atoms with E-state index in [-0.39, 0.29) is 5.69 Å². The molecule has 0 spiro atoms. The Balaban J connectivity index is 1.53. The second-order valence-corrected chi connectivity index (χ2v) is 5.84. The number of nitro benzene ring substituents is 1. The van der Waals surface area contributed by atoms with Crippen LogP contribution in [-0.4, -0.2) is 34.6 Å². The van der Waals surface area contributed by atoms with Crippen LogP contribution in [0.15, 0.2) is 24.4 Å². The van der Waals surface area contributed by atoms with Crippen molar-refractivity contribution in [2.75, 3.05) is 19.7 Å². The summed E-state index contributed by atoms with van der Waals surface area (Å²) < 4.78 is 5.65. The minimum absolute atomic E-state index is 0.0153. The van der Waals surface area contributed by atoms with E-state index in [1.165, 1.54) is 31.2 Å². The maximum atomic E-state index is 10.7. The predicted molar refractivity (Wildman–Crippen MR) is 86.5 cm³/mol. The maximum Gasteiger partial charge on any atom is 0.271 e. The highest BCUT2D eigenvalue weighted by Gasteiger charge is 2.12. The molecule has 0 bridgehead atoms. The molecule has 1 aliphatic rings. The van der Waals surface area contributed by atoms with Gasteiger partial charge in [0.05, 0.1) is 28.8 Å². The molecule has 1 saturated heterocycles. The van der Waals surface area contributed by atoms with Crippen molar-refractivity contribution in [3.05, 3.63) is 34.5 Å². The molecule has 1 atom stereocenters. The fourth-order valence-electron chi connectivity index (χ4n) is 2.88. The first-order valence-corrected chi connectivity index (χ1v) is 7.97. The van der Waals surface area contributed by atoms with Gasteiger partial charge in [0.15, 0.2) is 0 Å². The van der Waals surface area contributed by atoms with Gasteiger partial charge in [-0.1, -0.05) is 0 Å². The monoisotopic (exact) mass is 316 g/mol. The van der Waals surface area contributed by atoms with E-state index in [1.807, 2.05) is 0 Å². The SMILES string of the molecule is O=[N+]([O-])c1ccc2nc(OCCC[C@H]3CCCNC3)cnc2c1. The lowest BCUT2D eigenvalue weighted by molar-refractivity contribution is -0.384. The normalized spacial score (nSPS) is 18.0. The molecule has 1 aliphatic heterocycles. The van der Waals surface area contributed by atoms with Crippen LogP contribution >= 0.6 is 0 Å². The van der Waals surface area contributed by atoms with Crippen LogP contribution in [0.3, 0.4) is 0 Å². The Hall–Kier alpha value is -2.28. The molecule has 0 radical (unpaired) electrons. The number of piperidine rings is 1. The van der Waals surface area contributed by atoms with Gasteiger partial charge >= 0.3 is 0 Å². The number of benzene rings is 1. The van der Waals surface area contributed by atoms with Crippen LogP contribution in [0.25, 0.3) is 11.0 Å². The Morgan fingerprint density at radius 2 is 2.30 bits per heavy atom. The molecule has 122 valence electrons. The number of hydrogen-bond donors (Lipinski definition) is 1. The van der Waals surface area contributed by atoms with Gasteiger partial charge in [0.2, 0.25) is 5.88 Å². The highest BCUT2D eigenvalue weighted by Crippen LogP contribution is 2.20. The molecule has 3 rings (SSSR count). The third-order valence-electron chi connectivity index (χ3n) is 4.12. The lowest BCUT2D eigenvalue weighted by atomic mass is 9.95. The molecule has 7 nitrogen and oxygen atoms in total. The van der Waals surface area contributed by atoms with Crippen LogP contribution in [0.5, 0.6) is 5.88 Å². The van der Waals surface area contributed by atoms with Gasteiger partial charge in [0.1, 0.15) is 0 Å². The predicted octanol–water partition coefficient (Wildman–Crippen LogP) is 2.70. The highest BCUT2D eigenvalue weighted by atomic mass is 16.6. The molecule has 1 aromatic carbocycles. The van der Waals surface area contributed by atoms with Crippen LogP contribution in [-0.2, 0) is 0 Å². The van der Waals surface area contributed by atoms with Gasteiger partial charge in [-0.05, 0) is 50.8 Å². The maximum absolute atomic E-state index is 10.7. The minimum Gasteiger partial charge on any atom is -0.477 e. The number of aromatic nitrogens is 2. The van der Waals surface area contributed by atoms with E-state index in [4.69, 9.17) is 4.74 Å². The van der Waals surface area contributed by atoms with Gasteiger partial charge in [0, 0.05) is 12.1 Å². The number of hydrogen-bond acceptors (Lipinski definition) is 6. The average molecular weight is 316 g/mol. The molecular formula is C16H20N4O3. The minimum atomic E-state index is -0.439. The highest BCUT2D eigenvalue weighted by molar-refractivity contribution is 5.77. The first-order valence-electron chi connectivity index (χ1n) is 7.97. The summed E-state index contributed by atoms with van der Waals surface area (Å²) in [7, 11) is 0. The lowest BCUT2D eigenvalue weighted by Crippen LogP contribution is -2.29. The molecule has 1 aromatic heterocycles. The molecule has 7 heteroatoms. The number of rotatable bonds is 6. The molecule has 0 unspecified atom stereocenters. The number of ether oxygens (including phenoxy) is 1. The smallest absolute Gasteiger partial charge is 0.271 e. The molecule has 2 heterocycles. The number of nitro groups is 1. The van der Waals surface area contributed by atoms with Crippen molar-refractivity contribution in [1.29, 1.82) is 0 Å². The standard InChI is InChI=1S/C16H20N4O3/c21-20(22)13-5-6-14-15(9-13)18-11-16(19-14)23-8-2-4-12-3-1-7-17-10-12/h5-6,9,11-12,17H,1-4,7-8,10H2/t12-/m1/s1. The zero-order chi connectivity index (χ0) is 16.1. The fraction of sp³-hybridized carbons (Fsp3) is 0.500. The van der Waals surface area contributed by atoms with Crippen molar-refractivity contribution in [3.8, 4) is 5.88 Å². The van der Waals surface area contributed by atoms with Crippen molar-refractivity contribution in [3.63, 3.8) is 0 Å². The van der Waals surface area contributed by atoms with Crippen LogP contribution < -0.4 is 10.1 Å². The first kappa shape index (κ1) is 15.6. The van der Waals surface area contributed by atoms with Crippen molar-refractivity contribution in [2.24, 2.45) is 5.92 Å². The molecule has 0 saturated carbocycles. The van der Waals surface area contributed by atoms with Crippen molar-refractivity contribution in [2.45, 2.75) is 25.7 Å². The second-order valence-electron chi connectivity index (χ2n) is 5.84. The second kappa shape index (κ2) is 7.32. The van der Waals surface area contributed by atoms with E-state index in [0.29, 0.717) is 23.5 Å². The van der Waals surface area contributed by atoms with E-state index in [0.717, 1.165) is 31.8 Å². The van der Waals surface area contributed by atoms with Gasteiger partial charge < -0.3 is 10.1 Å². The number of fused-ring (bicyclic) bond motifs is 1. The molecule has 1 N–H and O–H groups in total. The van der Waals surface area contributed by atoms with Crippen LogP contribution in [0.1, 0.15) is 25.7 Å². The van der Waals surface area contributed by atoms with Gasteiger partial charge in [-0.3, -0.25) is 10.1 Å². The average Bonchev–Trinajstić information content (AvgIpc) is 2.59. The molecule has 0 amide bonds. The summed E-state index contributed by atoms with van der Waals surface area (Å²) in [5.74, 6) is 1.21. The topological polar surface area (TPSA) is 90.2 Å². The van der Waals surface area contributed by atoms with E-state index in [1.54, 1.807) is 6.07 Å². The van der Waals surface area contributed by atoms with Gasteiger partial charge in [0.25, 0.3) is 5.69 Å². The number of non-ortho nitro benzene ring substituents is 1. The van der Waals surface area contributed by atoms with Crippen molar-refractivity contribution < 1.29 is 9.66 Å². The van der Waals surface area contributed by atoms with Crippen molar-refractivity contribution >= 4 is 16.7 Å². The number of nitrogens with one attached hydrogen (secondary N) is 1. The first-order chi connectivity index (χ1) is 11.2. The Labute approximate surface area is 134 Å². The quantitative estimate of drug-likeness (QED) is 0.500. The molecule has 0 aliphatic carbocycles. The summed E-state index contributed by atoms with van der Waals surface area (Å²) in [5.41, 5.74) is 1.12. The number of nitrogens with zero attached hydrogens (tertiary/aromatic N) is 3. The largest absolute Gasteiger partial charge is 0.477 e. The van der Waals surface area contributed by atoms with Crippen LogP contribution in [0.4, 0.5) is 5.69 Å². The van der Waals surface area contributed by atoms with Gasteiger partial charge in [-0.2, -0.15) is 0 Å². The van der Waals surface area contributed by atoms with Crippen molar-refractivity contribution in [1.82, 2.24) is 15.3 Å². The molecule has 2 aromatic rings. The summed E-state index contributed by atoms with van der Waals surface area (Å²) in [6, 6.07) is 4.44. The summed E-state index contributed by atoms with van der Waals surface area (Å²) in [6.45, 7) is 2.86. The van der Waals surface area contributed by atoms with Gasteiger partial charge in [-0.25, -0.2) is 9.97 Å². The molecule has 1 fully saturated rings. The molecule has 23 heavy (non-hydrogen) atoms. The Morgan fingerprint density at radius 1 is 1.39 bits per heavy atom. The summed E-state index contributed by atoms with van der Waals surface area (Å²) in [4.78, 5) is 18.8. The summed E-state index contributed by atoms with van der Waals surface area (Å²) in [5, 5.41) is 14.2. The summed E-state index contributed by atoms with van der Waals surface area (Å²) >= 11 is 0. The molecular weight excluding hydrogens is 296 g/mol. The summed E-state index contributed by atoms with van der Waals surface area (Å²) in [6.07, 6.45) is 6.22. The van der Waals surface area contributed by atoms with Gasteiger partial charge in [-0.15, -0.1) is 0 Å². The zero-order valence-corrected chi connectivity index (χ0v) is 12.9. The lowest BCUT2D eigenvalue weighted by Gasteiger charge is -2.22. The van der Waals surface area contributed by atoms with E-state index >= 15 is 0 Å². The van der Waals surface area contributed by atoms with Crippen LogP contribution in [0.2, 0.25) is 0 Å². The van der Waals surface area contributed by atoms with E-state index < -0.39 is 4.92 Å². The Morgan fingerprint density at radius 3 is 3.09 bits per heavy atom.